The van der Waals surface area contributed by atoms with Gasteiger partial charge in [-0.15, -0.1) is 0 Å². The fourth-order valence-corrected chi connectivity index (χ4v) is 3.66. The Labute approximate surface area is 163 Å². The van der Waals surface area contributed by atoms with Crippen molar-refractivity contribution in [2.45, 2.75) is 31.1 Å². The fourth-order valence-electron chi connectivity index (χ4n) is 3.29. The van der Waals surface area contributed by atoms with Gasteiger partial charge in [0.05, 0.1) is 12.3 Å². The molecule has 2 fully saturated rings. The molecule has 0 radical (unpaired) electrons. The molecule has 0 aromatic rings. The Bertz CT molecular complexity index is 626. The molecule has 0 saturated carbocycles. The molecule has 0 aliphatic carbocycles. The van der Waals surface area contributed by atoms with E-state index in [0.717, 1.165) is 0 Å². The van der Waals surface area contributed by atoms with E-state index in [4.69, 9.17) is 14.7 Å². The Morgan fingerprint density at radius 3 is 2.74 bits per heavy atom. The molecule has 0 aromatic carbocycles. The van der Waals surface area contributed by atoms with Crippen LogP contribution in [0.1, 0.15) is 19.8 Å². The normalized spacial score (nSPS) is 26.7. The molecule has 2 rings (SSSR count). The molecule has 2 heterocycles. The van der Waals surface area contributed by atoms with Gasteiger partial charge in [-0.1, -0.05) is 17.8 Å². The van der Waals surface area contributed by atoms with Gasteiger partial charge in [0.2, 0.25) is 5.91 Å². The van der Waals surface area contributed by atoms with E-state index in [1.807, 2.05) is 0 Å². The molecule has 27 heavy (non-hydrogen) atoms. The minimum atomic E-state index is -0.818. The largest absolute Gasteiger partial charge is 0.465 e. The van der Waals surface area contributed by atoms with Crippen molar-refractivity contribution in [2.75, 3.05) is 32.8 Å². The summed E-state index contributed by atoms with van der Waals surface area (Å²) < 4.78 is 10.1. The van der Waals surface area contributed by atoms with E-state index in [2.05, 4.69) is 24.4 Å². The first kappa shape index (κ1) is 21.1. The Morgan fingerprint density at radius 2 is 2.11 bits per heavy atom. The van der Waals surface area contributed by atoms with Gasteiger partial charge in [-0.2, -0.15) is 12.6 Å². The monoisotopic (exact) mass is 399 g/mol. The van der Waals surface area contributed by atoms with E-state index in [1.165, 1.54) is 15.9 Å². The minimum Gasteiger partial charge on any atom is -0.465 e. The van der Waals surface area contributed by atoms with Crippen LogP contribution >= 0.6 is 12.6 Å². The van der Waals surface area contributed by atoms with Gasteiger partial charge in [-0.3, -0.25) is 14.5 Å². The highest BCUT2D eigenvalue weighted by molar-refractivity contribution is 7.81. The van der Waals surface area contributed by atoms with E-state index in [1.54, 1.807) is 6.92 Å². The molecule has 1 N–H and O–H groups in total. The smallest absolute Gasteiger partial charge is 0.410 e. The van der Waals surface area contributed by atoms with Crippen LogP contribution < -0.4 is 0 Å². The van der Waals surface area contributed by atoms with Crippen LogP contribution in [0, 0.1) is 5.92 Å². The number of amides is 2. The molecule has 0 aromatic heterocycles. The van der Waals surface area contributed by atoms with Gasteiger partial charge in [-0.25, -0.2) is 4.79 Å². The molecule has 2 aliphatic heterocycles. The molecule has 3 atom stereocenters. The lowest BCUT2D eigenvalue weighted by atomic mass is 9.95. The molecule has 150 valence electrons. The highest BCUT2D eigenvalue weighted by Gasteiger charge is 2.43. The standard InChI is InChI=1S/C17H25N3O6S/c1-3-7-26-17(23)20-9-11(27)8-14(20)15(21)19-6-5-13(18-24)12(10-19)16(22)25-4-2/h3,11-12,14,24,27H,1,4-10H2,2H3/b18-13-/t11-,12?,14-/m0/s1. The van der Waals surface area contributed by atoms with Crippen LogP contribution in [0.5, 0.6) is 0 Å². The average Bonchev–Trinajstić information content (AvgIpc) is 3.06. The maximum Gasteiger partial charge on any atom is 0.410 e. The SMILES string of the molecule is C=CCOC(=O)N1C[C@@H](S)C[C@H]1C(=O)N1CC/C(=N/O)C(C(=O)OCC)C1. The number of carbonyl (C=O) groups excluding carboxylic acids is 3. The maximum absolute atomic E-state index is 13.0. The second kappa shape index (κ2) is 9.63. The van der Waals surface area contributed by atoms with Crippen molar-refractivity contribution in [3.05, 3.63) is 12.7 Å². The number of hydrogen-bond donors (Lipinski definition) is 2. The number of oxime groups is 1. The molecule has 2 aliphatic rings. The fraction of sp³-hybridized carbons (Fsp3) is 0.647. The van der Waals surface area contributed by atoms with E-state index in [-0.39, 0.29) is 43.9 Å². The third kappa shape index (κ3) is 4.94. The Hall–Kier alpha value is -2.23. The van der Waals surface area contributed by atoms with Crippen molar-refractivity contribution in [1.29, 1.82) is 0 Å². The van der Waals surface area contributed by atoms with Crippen LogP contribution in [0.15, 0.2) is 17.8 Å². The lowest BCUT2D eigenvalue weighted by molar-refractivity contribution is -0.148. The average molecular weight is 399 g/mol. The zero-order valence-electron chi connectivity index (χ0n) is 15.2. The summed E-state index contributed by atoms with van der Waals surface area (Å²) >= 11 is 4.40. The summed E-state index contributed by atoms with van der Waals surface area (Å²) in [4.78, 5) is 40.3. The Kier molecular flexibility index (Phi) is 7.52. The molecular weight excluding hydrogens is 374 g/mol. The molecule has 9 nitrogen and oxygen atoms in total. The van der Waals surface area contributed by atoms with Crippen molar-refractivity contribution < 1.29 is 29.1 Å². The number of ether oxygens (including phenoxy) is 2. The number of hydrogen-bond acceptors (Lipinski definition) is 8. The Balaban J connectivity index is 2.11. The number of rotatable bonds is 5. The van der Waals surface area contributed by atoms with Gasteiger partial charge in [0.25, 0.3) is 0 Å². The van der Waals surface area contributed by atoms with Crippen LogP contribution in [-0.2, 0) is 19.1 Å². The van der Waals surface area contributed by atoms with Gasteiger partial charge in [0.1, 0.15) is 18.6 Å². The third-order valence-corrected chi connectivity index (χ3v) is 4.95. The number of carbonyl (C=O) groups is 3. The van der Waals surface area contributed by atoms with Crippen LogP contribution in [0.25, 0.3) is 0 Å². The molecule has 2 saturated heterocycles. The number of thiol groups is 1. The first-order chi connectivity index (χ1) is 12.9. The lowest BCUT2D eigenvalue weighted by Crippen LogP contribution is -2.53. The number of nitrogens with zero attached hydrogens (tertiary/aromatic N) is 3. The highest BCUT2D eigenvalue weighted by atomic mass is 32.1. The predicted octanol–water partition coefficient (Wildman–Crippen LogP) is 0.923. The number of esters is 1. The summed E-state index contributed by atoms with van der Waals surface area (Å²) in [6, 6.07) is -0.708. The van der Waals surface area contributed by atoms with Crippen molar-refractivity contribution >= 4 is 36.3 Å². The van der Waals surface area contributed by atoms with Crippen LogP contribution in [0.2, 0.25) is 0 Å². The van der Waals surface area contributed by atoms with Crippen molar-refractivity contribution in [3.8, 4) is 0 Å². The maximum atomic E-state index is 13.0. The predicted molar refractivity (Wildman–Crippen MR) is 100.0 cm³/mol. The summed E-state index contributed by atoms with van der Waals surface area (Å²) in [5, 5.41) is 12.2. The van der Waals surface area contributed by atoms with Crippen molar-refractivity contribution in [1.82, 2.24) is 9.80 Å². The second-order valence-electron chi connectivity index (χ2n) is 6.35. The van der Waals surface area contributed by atoms with E-state index >= 15 is 0 Å². The summed E-state index contributed by atoms with van der Waals surface area (Å²) in [6.07, 6.45) is 1.50. The van der Waals surface area contributed by atoms with Crippen LogP contribution in [0.4, 0.5) is 4.79 Å². The second-order valence-corrected chi connectivity index (χ2v) is 7.08. The van der Waals surface area contributed by atoms with Gasteiger partial charge < -0.3 is 19.6 Å². The molecule has 2 amide bonds. The van der Waals surface area contributed by atoms with Gasteiger partial charge in [0, 0.05) is 31.3 Å². The number of piperidine rings is 1. The number of likely N-dealkylation sites (tertiary alicyclic amines) is 2. The van der Waals surface area contributed by atoms with Gasteiger partial charge >= 0.3 is 12.1 Å². The lowest BCUT2D eigenvalue weighted by Gasteiger charge is -2.35. The molecule has 1 unspecified atom stereocenters. The summed E-state index contributed by atoms with van der Waals surface area (Å²) in [5.74, 6) is -1.64. The molecular formula is C17H25N3O6S. The summed E-state index contributed by atoms with van der Waals surface area (Å²) in [6.45, 7) is 6.05. The third-order valence-electron chi connectivity index (χ3n) is 4.58. The van der Waals surface area contributed by atoms with E-state index in [9.17, 15) is 14.4 Å². The van der Waals surface area contributed by atoms with Crippen LogP contribution in [0.3, 0.4) is 0 Å². The summed E-state index contributed by atoms with van der Waals surface area (Å²) in [7, 11) is 0. The van der Waals surface area contributed by atoms with E-state index in [0.29, 0.717) is 18.7 Å². The molecule has 0 spiro atoms. The molecule has 10 heteroatoms. The van der Waals surface area contributed by atoms with Crippen LogP contribution in [-0.4, -0.2) is 82.8 Å². The minimum absolute atomic E-state index is 0.0420. The van der Waals surface area contributed by atoms with E-state index < -0.39 is 24.0 Å². The summed E-state index contributed by atoms with van der Waals surface area (Å²) in [5.41, 5.74) is 0.290. The van der Waals surface area contributed by atoms with Crippen molar-refractivity contribution in [3.63, 3.8) is 0 Å². The zero-order chi connectivity index (χ0) is 20.0. The highest BCUT2D eigenvalue weighted by Crippen LogP contribution is 2.26. The molecule has 0 bridgehead atoms. The van der Waals surface area contributed by atoms with Gasteiger partial charge in [-0.05, 0) is 13.3 Å². The first-order valence-corrected chi connectivity index (χ1v) is 9.33. The zero-order valence-corrected chi connectivity index (χ0v) is 16.1. The Morgan fingerprint density at radius 1 is 1.37 bits per heavy atom. The van der Waals surface area contributed by atoms with Crippen molar-refractivity contribution in [2.24, 2.45) is 11.1 Å². The quantitative estimate of drug-likeness (QED) is 0.234. The topological polar surface area (TPSA) is 109 Å². The van der Waals surface area contributed by atoms with Gasteiger partial charge in [0.15, 0.2) is 0 Å². The first-order valence-electron chi connectivity index (χ1n) is 8.81.